The Kier molecular flexibility index (Phi) is 5.10. The summed E-state index contributed by atoms with van der Waals surface area (Å²) in [6.45, 7) is 6.94. The Hall–Kier alpha value is -1.69. The molecule has 0 bridgehead atoms. The SMILES string of the molecule is Cc1noc(C)c1CN1CCOCC1CC(O)c1ccccc1. The summed E-state index contributed by atoms with van der Waals surface area (Å²) in [4.78, 5) is 2.36. The zero-order chi connectivity index (χ0) is 16.2. The first-order chi connectivity index (χ1) is 11.1. The van der Waals surface area contributed by atoms with E-state index >= 15 is 0 Å². The van der Waals surface area contributed by atoms with E-state index in [1.165, 1.54) is 0 Å². The number of aromatic nitrogens is 1. The first-order valence-corrected chi connectivity index (χ1v) is 8.11. The van der Waals surface area contributed by atoms with Crippen LogP contribution in [0.5, 0.6) is 0 Å². The van der Waals surface area contributed by atoms with Crippen molar-refractivity contribution in [2.24, 2.45) is 0 Å². The molecular formula is C18H24N2O3. The van der Waals surface area contributed by atoms with Gasteiger partial charge in [-0.15, -0.1) is 0 Å². The molecule has 2 aromatic rings. The van der Waals surface area contributed by atoms with Gasteiger partial charge in [0.2, 0.25) is 0 Å². The molecule has 1 aromatic carbocycles. The van der Waals surface area contributed by atoms with Gasteiger partial charge in [-0.2, -0.15) is 0 Å². The van der Waals surface area contributed by atoms with E-state index in [1.807, 2.05) is 44.2 Å². The first-order valence-electron chi connectivity index (χ1n) is 8.11. The van der Waals surface area contributed by atoms with E-state index in [4.69, 9.17) is 9.26 Å². The summed E-state index contributed by atoms with van der Waals surface area (Å²) >= 11 is 0. The zero-order valence-corrected chi connectivity index (χ0v) is 13.7. The summed E-state index contributed by atoms with van der Waals surface area (Å²) in [5, 5.41) is 14.5. The highest BCUT2D eigenvalue weighted by Gasteiger charge is 2.27. The van der Waals surface area contributed by atoms with Gasteiger partial charge in [-0.3, -0.25) is 4.90 Å². The standard InChI is InChI=1S/C18H24N2O3/c1-13-17(14(2)23-19-13)11-20-8-9-22-12-16(20)10-18(21)15-6-4-3-5-7-15/h3-7,16,18,21H,8-12H2,1-2H3. The Morgan fingerprint density at radius 1 is 1.30 bits per heavy atom. The lowest BCUT2D eigenvalue weighted by atomic mass is 10.00. The van der Waals surface area contributed by atoms with Crippen molar-refractivity contribution in [3.05, 3.63) is 52.9 Å². The quantitative estimate of drug-likeness (QED) is 0.919. The lowest BCUT2D eigenvalue weighted by molar-refractivity contribution is -0.0302. The maximum Gasteiger partial charge on any atom is 0.138 e. The second kappa shape index (κ2) is 7.25. The maximum absolute atomic E-state index is 10.5. The van der Waals surface area contributed by atoms with Gasteiger partial charge in [0.15, 0.2) is 0 Å². The lowest BCUT2D eigenvalue weighted by Crippen LogP contribution is -2.45. The van der Waals surface area contributed by atoms with Crippen LogP contribution in [0.3, 0.4) is 0 Å². The van der Waals surface area contributed by atoms with Gasteiger partial charge in [-0.25, -0.2) is 0 Å². The Bertz CT molecular complexity index is 607. The fourth-order valence-electron chi connectivity index (χ4n) is 3.11. The summed E-state index contributed by atoms with van der Waals surface area (Å²) in [7, 11) is 0. The number of benzene rings is 1. The van der Waals surface area contributed by atoms with Crippen LogP contribution in [0.25, 0.3) is 0 Å². The Balaban J connectivity index is 1.69. The van der Waals surface area contributed by atoms with E-state index in [2.05, 4.69) is 10.1 Å². The molecule has 1 fully saturated rings. The average molecular weight is 316 g/mol. The lowest BCUT2D eigenvalue weighted by Gasteiger charge is -2.36. The molecule has 0 radical (unpaired) electrons. The molecular weight excluding hydrogens is 292 g/mol. The predicted molar refractivity (Wildman–Crippen MR) is 87.0 cm³/mol. The summed E-state index contributed by atoms with van der Waals surface area (Å²) < 4.78 is 10.9. The van der Waals surface area contributed by atoms with Gasteiger partial charge in [0.25, 0.3) is 0 Å². The number of aliphatic hydroxyl groups excluding tert-OH is 1. The summed E-state index contributed by atoms with van der Waals surface area (Å²) in [6, 6.07) is 9.99. The zero-order valence-electron chi connectivity index (χ0n) is 13.7. The molecule has 1 aromatic heterocycles. The van der Waals surface area contributed by atoms with Crippen molar-refractivity contribution in [3.63, 3.8) is 0 Å². The summed E-state index contributed by atoms with van der Waals surface area (Å²) in [5.41, 5.74) is 3.04. The molecule has 2 unspecified atom stereocenters. The van der Waals surface area contributed by atoms with Gasteiger partial charge < -0.3 is 14.4 Å². The second-order valence-electron chi connectivity index (χ2n) is 6.16. The molecule has 23 heavy (non-hydrogen) atoms. The van der Waals surface area contributed by atoms with Crippen LogP contribution < -0.4 is 0 Å². The van der Waals surface area contributed by atoms with Crippen molar-refractivity contribution < 1.29 is 14.4 Å². The number of rotatable bonds is 5. The number of hydrogen-bond acceptors (Lipinski definition) is 5. The molecule has 0 aliphatic carbocycles. The average Bonchev–Trinajstić information content (AvgIpc) is 2.89. The van der Waals surface area contributed by atoms with Gasteiger partial charge in [-0.05, 0) is 25.8 Å². The second-order valence-corrected chi connectivity index (χ2v) is 6.16. The smallest absolute Gasteiger partial charge is 0.138 e. The first kappa shape index (κ1) is 16.2. The van der Waals surface area contributed by atoms with Crippen LogP contribution in [0.4, 0.5) is 0 Å². The van der Waals surface area contributed by atoms with Crippen LogP contribution in [0.1, 0.15) is 35.1 Å². The van der Waals surface area contributed by atoms with Crippen LogP contribution in [-0.4, -0.2) is 41.0 Å². The molecule has 2 heterocycles. The highest BCUT2D eigenvalue weighted by Crippen LogP contribution is 2.25. The molecule has 1 saturated heterocycles. The van der Waals surface area contributed by atoms with Crippen molar-refractivity contribution >= 4 is 0 Å². The number of nitrogens with zero attached hydrogens (tertiary/aromatic N) is 2. The Morgan fingerprint density at radius 2 is 2.09 bits per heavy atom. The third kappa shape index (κ3) is 3.80. The third-order valence-corrected chi connectivity index (χ3v) is 4.57. The molecule has 3 rings (SSSR count). The van der Waals surface area contributed by atoms with E-state index in [0.717, 1.165) is 42.3 Å². The Morgan fingerprint density at radius 3 is 2.78 bits per heavy atom. The highest BCUT2D eigenvalue weighted by atomic mass is 16.5. The summed E-state index contributed by atoms with van der Waals surface area (Å²) in [5.74, 6) is 0.872. The molecule has 2 atom stereocenters. The minimum Gasteiger partial charge on any atom is -0.388 e. The van der Waals surface area contributed by atoms with Crippen LogP contribution >= 0.6 is 0 Å². The van der Waals surface area contributed by atoms with Gasteiger partial charge in [0.05, 0.1) is 25.0 Å². The van der Waals surface area contributed by atoms with Crippen LogP contribution in [0.2, 0.25) is 0 Å². The van der Waals surface area contributed by atoms with Crippen LogP contribution in [-0.2, 0) is 11.3 Å². The molecule has 5 heteroatoms. The third-order valence-electron chi connectivity index (χ3n) is 4.57. The normalized spacial score (nSPS) is 20.6. The van der Waals surface area contributed by atoms with Crippen LogP contribution in [0, 0.1) is 13.8 Å². The van der Waals surface area contributed by atoms with E-state index < -0.39 is 6.10 Å². The molecule has 1 N–H and O–H groups in total. The highest BCUT2D eigenvalue weighted by molar-refractivity contribution is 5.21. The van der Waals surface area contributed by atoms with Crippen molar-refractivity contribution in [2.45, 2.75) is 39.0 Å². The minimum atomic E-state index is -0.477. The van der Waals surface area contributed by atoms with E-state index in [1.54, 1.807) is 0 Å². The number of aryl methyl sites for hydroxylation is 2. The molecule has 0 spiro atoms. The number of morpholine rings is 1. The van der Waals surface area contributed by atoms with Gasteiger partial charge >= 0.3 is 0 Å². The topological polar surface area (TPSA) is 58.7 Å². The van der Waals surface area contributed by atoms with E-state index in [0.29, 0.717) is 13.0 Å². The van der Waals surface area contributed by atoms with E-state index in [-0.39, 0.29) is 6.04 Å². The van der Waals surface area contributed by atoms with Crippen molar-refractivity contribution in [1.29, 1.82) is 0 Å². The molecule has 124 valence electrons. The Labute approximate surface area is 136 Å². The minimum absolute atomic E-state index is 0.188. The van der Waals surface area contributed by atoms with Crippen molar-refractivity contribution in [2.75, 3.05) is 19.8 Å². The van der Waals surface area contributed by atoms with Gasteiger partial charge in [0.1, 0.15) is 5.76 Å². The van der Waals surface area contributed by atoms with Gasteiger partial charge in [0, 0.05) is 24.7 Å². The van der Waals surface area contributed by atoms with Crippen molar-refractivity contribution in [1.82, 2.24) is 10.1 Å². The van der Waals surface area contributed by atoms with Gasteiger partial charge in [-0.1, -0.05) is 35.5 Å². The number of aliphatic hydroxyl groups is 1. The largest absolute Gasteiger partial charge is 0.388 e. The molecule has 5 nitrogen and oxygen atoms in total. The fourth-order valence-corrected chi connectivity index (χ4v) is 3.11. The van der Waals surface area contributed by atoms with E-state index in [9.17, 15) is 5.11 Å². The number of hydrogen-bond donors (Lipinski definition) is 1. The fraction of sp³-hybridized carbons (Fsp3) is 0.500. The molecule has 0 saturated carbocycles. The number of ether oxygens (including phenoxy) is 1. The predicted octanol–water partition coefficient (Wildman–Crippen LogP) is 2.62. The summed E-state index contributed by atoms with van der Waals surface area (Å²) in [6.07, 6.45) is 0.183. The molecule has 1 aliphatic heterocycles. The molecule has 1 aliphatic rings. The van der Waals surface area contributed by atoms with Crippen molar-refractivity contribution in [3.8, 4) is 0 Å². The molecule has 0 amide bonds. The monoisotopic (exact) mass is 316 g/mol. The maximum atomic E-state index is 10.5. The van der Waals surface area contributed by atoms with Crippen LogP contribution in [0.15, 0.2) is 34.9 Å².